The quantitative estimate of drug-likeness (QED) is 0.806. The van der Waals surface area contributed by atoms with Crippen LogP contribution in [0, 0.1) is 5.41 Å². The Kier molecular flexibility index (Phi) is 6.05. The van der Waals surface area contributed by atoms with Crippen molar-refractivity contribution >= 4 is 15.9 Å². The first-order chi connectivity index (χ1) is 13.3. The van der Waals surface area contributed by atoms with Crippen LogP contribution in [0.3, 0.4) is 0 Å². The van der Waals surface area contributed by atoms with Gasteiger partial charge in [-0.15, -0.1) is 0 Å². The molecule has 3 rings (SSSR count). The van der Waals surface area contributed by atoms with Gasteiger partial charge in [0.25, 0.3) is 0 Å². The van der Waals surface area contributed by atoms with Crippen molar-refractivity contribution in [3.63, 3.8) is 0 Å². The van der Waals surface area contributed by atoms with Crippen molar-refractivity contribution in [3.8, 4) is 5.75 Å². The number of sulfonamides is 1. The molecule has 0 aliphatic carbocycles. The SMILES string of the molecule is COc1ccc(S(=O)(=O)N2CCC[C@](C)(C(=O)NCc3ccccc3)C2)cc1. The van der Waals surface area contributed by atoms with Crippen LogP contribution in [0.1, 0.15) is 25.3 Å². The molecule has 0 radical (unpaired) electrons. The number of nitrogens with one attached hydrogen (secondary N) is 1. The van der Waals surface area contributed by atoms with Crippen molar-refractivity contribution in [2.75, 3.05) is 20.2 Å². The van der Waals surface area contributed by atoms with Crippen LogP contribution in [0.2, 0.25) is 0 Å². The van der Waals surface area contributed by atoms with Gasteiger partial charge >= 0.3 is 0 Å². The fraction of sp³-hybridized carbons (Fsp3) is 0.381. The van der Waals surface area contributed by atoms with Gasteiger partial charge in [-0.3, -0.25) is 4.79 Å². The number of benzene rings is 2. The molecule has 1 aliphatic heterocycles. The predicted octanol–water partition coefficient (Wildman–Crippen LogP) is 2.80. The topological polar surface area (TPSA) is 75.7 Å². The Labute approximate surface area is 166 Å². The molecule has 0 bridgehead atoms. The summed E-state index contributed by atoms with van der Waals surface area (Å²) >= 11 is 0. The van der Waals surface area contributed by atoms with Crippen molar-refractivity contribution in [3.05, 3.63) is 60.2 Å². The lowest BCUT2D eigenvalue weighted by Gasteiger charge is -2.38. The van der Waals surface area contributed by atoms with Crippen molar-refractivity contribution in [1.82, 2.24) is 9.62 Å². The molecule has 150 valence electrons. The number of hydrogen-bond donors (Lipinski definition) is 1. The second-order valence-electron chi connectivity index (χ2n) is 7.35. The van der Waals surface area contributed by atoms with E-state index < -0.39 is 15.4 Å². The maximum atomic E-state index is 13.0. The van der Waals surface area contributed by atoms with Crippen LogP contribution in [0.15, 0.2) is 59.5 Å². The molecule has 6 nitrogen and oxygen atoms in total. The van der Waals surface area contributed by atoms with Gasteiger partial charge in [0.1, 0.15) is 5.75 Å². The zero-order chi connectivity index (χ0) is 20.2. The molecule has 1 fully saturated rings. The van der Waals surface area contributed by atoms with Gasteiger partial charge in [0.2, 0.25) is 15.9 Å². The van der Waals surface area contributed by atoms with Crippen molar-refractivity contribution < 1.29 is 17.9 Å². The average molecular weight is 403 g/mol. The largest absolute Gasteiger partial charge is 0.497 e. The Morgan fingerprint density at radius 3 is 2.46 bits per heavy atom. The molecule has 28 heavy (non-hydrogen) atoms. The van der Waals surface area contributed by atoms with Crippen molar-refractivity contribution in [2.24, 2.45) is 5.41 Å². The molecule has 0 saturated carbocycles. The third kappa shape index (κ3) is 4.36. The van der Waals surface area contributed by atoms with Crippen LogP contribution < -0.4 is 10.1 Å². The van der Waals surface area contributed by atoms with E-state index in [1.165, 1.54) is 23.5 Å². The summed E-state index contributed by atoms with van der Waals surface area (Å²) in [6.07, 6.45) is 1.30. The summed E-state index contributed by atoms with van der Waals surface area (Å²) in [6.45, 7) is 2.85. The van der Waals surface area contributed by atoms with Crippen LogP contribution in [0.5, 0.6) is 5.75 Å². The molecule has 0 unspecified atom stereocenters. The van der Waals surface area contributed by atoms with E-state index in [1.807, 2.05) is 37.3 Å². The summed E-state index contributed by atoms with van der Waals surface area (Å²) in [5.41, 5.74) is 0.255. The fourth-order valence-corrected chi connectivity index (χ4v) is 5.07. The van der Waals surface area contributed by atoms with Gasteiger partial charge in [-0.2, -0.15) is 4.31 Å². The highest BCUT2D eigenvalue weighted by molar-refractivity contribution is 7.89. The maximum Gasteiger partial charge on any atom is 0.243 e. The highest BCUT2D eigenvalue weighted by atomic mass is 32.2. The molecule has 1 amide bonds. The molecule has 0 aromatic heterocycles. The first-order valence-electron chi connectivity index (χ1n) is 9.32. The van der Waals surface area contributed by atoms with E-state index in [2.05, 4.69) is 5.32 Å². The zero-order valence-electron chi connectivity index (χ0n) is 16.2. The van der Waals surface area contributed by atoms with Gasteiger partial charge in [-0.1, -0.05) is 30.3 Å². The number of carbonyl (C=O) groups excluding carboxylic acids is 1. The minimum Gasteiger partial charge on any atom is -0.497 e. The van der Waals surface area contributed by atoms with Crippen LogP contribution in [0.25, 0.3) is 0 Å². The normalized spacial score (nSPS) is 20.5. The summed E-state index contributed by atoms with van der Waals surface area (Å²) in [6, 6.07) is 16.0. The van der Waals surface area contributed by atoms with Crippen LogP contribution in [0.4, 0.5) is 0 Å². The van der Waals surface area contributed by atoms with E-state index >= 15 is 0 Å². The van der Waals surface area contributed by atoms with E-state index in [0.717, 1.165) is 5.56 Å². The third-order valence-corrected chi connectivity index (χ3v) is 7.06. The van der Waals surface area contributed by atoms with E-state index in [0.29, 0.717) is 31.7 Å². The molecule has 2 aromatic carbocycles. The monoisotopic (exact) mass is 402 g/mol. The number of rotatable bonds is 6. The summed E-state index contributed by atoms with van der Waals surface area (Å²) in [5, 5.41) is 2.96. The summed E-state index contributed by atoms with van der Waals surface area (Å²) in [4.78, 5) is 13.0. The van der Waals surface area contributed by atoms with Crippen LogP contribution >= 0.6 is 0 Å². The molecular weight excluding hydrogens is 376 g/mol. The second kappa shape index (κ2) is 8.32. The molecule has 1 heterocycles. The average Bonchev–Trinajstić information content (AvgIpc) is 2.72. The standard InChI is InChI=1S/C21H26N2O4S/c1-21(20(24)22-15-17-7-4-3-5-8-17)13-6-14-23(16-21)28(25,26)19-11-9-18(27-2)10-12-19/h3-5,7-12H,6,13-16H2,1-2H3,(H,22,24)/t21-/m0/s1. The van der Waals surface area contributed by atoms with Crippen LogP contribution in [-0.4, -0.2) is 38.8 Å². The van der Waals surface area contributed by atoms with Gasteiger partial charge in [0.05, 0.1) is 17.4 Å². The first-order valence-corrected chi connectivity index (χ1v) is 10.8. The predicted molar refractivity (Wildman–Crippen MR) is 107 cm³/mol. The third-order valence-electron chi connectivity index (χ3n) is 5.20. The van der Waals surface area contributed by atoms with E-state index in [9.17, 15) is 13.2 Å². The lowest BCUT2D eigenvalue weighted by Crippen LogP contribution is -2.51. The lowest BCUT2D eigenvalue weighted by atomic mass is 9.82. The number of hydrogen-bond acceptors (Lipinski definition) is 4. The maximum absolute atomic E-state index is 13.0. The fourth-order valence-electron chi connectivity index (χ4n) is 3.47. The molecular formula is C21H26N2O4S. The smallest absolute Gasteiger partial charge is 0.243 e. The molecule has 1 aliphatic rings. The van der Waals surface area contributed by atoms with E-state index in [4.69, 9.17) is 4.74 Å². The Morgan fingerprint density at radius 2 is 1.82 bits per heavy atom. The van der Waals surface area contributed by atoms with Gasteiger partial charge < -0.3 is 10.1 Å². The molecule has 0 spiro atoms. The summed E-state index contributed by atoms with van der Waals surface area (Å²) in [7, 11) is -2.13. The lowest BCUT2D eigenvalue weighted by molar-refractivity contribution is -0.132. The van der Waals surface area contributed by atoms with Gasteiger partial charge in [0, 0.05) is 19.6 Å². The van der Waals surface area contributed by atoms with Crippen molar-refractivity contribution in [2.45, 2.75) is 31.2 Å². The summed E-state index contributed by atoms with van der Waals surface area (Å²) in [5.74, 6) is 0.480. The number of carbonyl (C=O) groups is 1. The van der Waals surface area contributed by atoms with E-state index in [1.54, 1.807) is 12.1 Å². The van der Waals surface area contributed by atoms with E-state index in [-0.39, 0.29) is 17.3 Å². The second-order valence-corrected chi connectivity index (χ2v) is 9.28. The minimum atomic E-state index is -3.66. The minimum absolute atomic E-state index is 0.119. The Morgan fingerprint density at radius 1 is 1.14 bits per heavy atom. The molecule has 1 N–H and O–H groups in total. The molecule has 1 atom stereocenters. The number of amides is 1. The first kappa shape index (κ1) is 20.4. The van der Waals surface area contributed by atoms with Gasteiger partial charge in [0.15, 0.2) is 0 Å². The molecule has 7 heteroatoms. The van der Waals surface area contributed by atoms with Gasteiger partial charge in [-0.25, -0.2) is 8.42 Å². The zero-order valence-corrected chi connectivity index (χ0v) is 17.0. The Bertz CT molecular complexity index is 913. The summed E-state index contributed by atoms with van der Waals surface area (Å²) < 4.78 is 32.6. The molecule has 2 aromatic rings. The number of piperidine rings is 1. The Balaban J connectivity index is 1.71. The highest BCUT2D eigenvalue weighted by Gasteiger charge is 2.41. The van der Waals surface area contributed by atoms with Crippen LogP contribution in [-0.2, 0) is 21.4 Å². The Hall–Kier alpha value is -2.38. The van der Waals surface area contributed by atoms with Crippen molar-refractivity contribution in [1.29, 1.82) is 0 Å². The number of nitrogens with zero attached hydrogens (tertiary/aromatic N) is 1. The molecule has 1 saturated heterocycles. The number of methoxy groups -OCH3 is 1. The number of ether oxygens (including phenoxy) is 1. The highest BCUT2D eigenvalue weighted by Crippen LogP contribution is 2.33. The van der Waals surface area contributed by atoms with Gasteiger partial charge in [-0.05, 0) is 49.6 Å².